The predicted octanol–water partition coefficient (Wildman–Crippen LogP) is 7.24. The summed E-state index contributed by atoms with van der Waals surface area (Å²) < 4.78 is 8.77. The third-order valence-corrected chi connectivity index (χ3v) is 7.52. The minimum atomic E-state index is 0.251. The summed E-state index contributed by atoms with van der Waals surface area (Å²) in [5, 5.41) is 8.44. The van der Waals surface area contributed by atoms with E-state index in [4.69, 9.17) is 14.8 Å². The zero-order chi connectivity index (χ0) is 22.9. The summed E-state index contributed by atoms with van der Waals surface area (Å²) in [5.41, 5.74) is 4.30. The molecule has 0 aliphatic heterocycles. The molecular weight excluding hydrogens is 430 g/mol. The fraction of sp³-hybridized carbons (Fsp3) is 0.423. The number of nitrogens with one attached hydrogen (secondary N) is 1. The summed E-state index contributed by atoms with van der Waals surface area (Å²) in [6, 6.07) is 10.6. The summed E-state index contributed by atoms with van der Waals surface area (Å²) in [7, 11) is 1.71. The molecular formula is C26H31N5OS. The molecule has 0 radical (unpaired) electrons. The van der Waals surface area contributed by atoms with Crippen LogP contribution >= 0.6 is 11.3 Å². The quantitative estimate of drug-likeness (QED) is 0.328. The van der Waals surface area contributed by atoms with Crippen molar-refractivity contribution in [2.75, 3.05) is 12.4 Å². The van der Waals surface area contributed by atoms with Gasteiger partial charge < -0.3 is 10.1 Å². The van der Waals surface area contributed by atoms with Crippen LogP contribution in [0.25, 0.3) is 21.3 Å². The number of rotatable bonds is 6. The lowest BCUT2D eigenvalue weighted by molar-refractivity contribution is 0.416. The van der Waals surface area contributed by atoms with E-state index in [1.807, 2.05) is 24.4 Å². The number of para-hydroxylation sites is 1. The van der Waals surface area contributed by atoms with E-state index < -0.39 is 0 Å². The van der Waals surface area contributed by atoms with Gasteiger partial charge in [-0.15, -0.1) is 11.3 Å². The number of aryl methyl sites for hydroxylation is 1. The van der Waals surface area contributed by atoms with Gasteiger partial charge in [-0.3, -0.25) is 0 Å². The topological polar surface area (TPSA) is 64.9 Å². The second kappa shape index (κ2) is 9.14. The Balaban J connectivity index is 1.53. The van der Waals surface area contributed by atoms with E-state index in [0.717, 1.165) is 32.9 Å². The molecule has 1 aliphatic rings. The summed E-state index contributed by atoms with van der Waals surface area (Å²) in [6.07, 6.45) is 8.31. The van der Waals surface area contributed by atoms with Crippen molar-refractivity contribution in [3.8, 4) is 16.9 Å². The first kappa shape index (κ1) is 21.9. The molecule has 3 aromatic heterocycles. The monoisotopic (exact) mass is 461 g/mol. The minimum absolute atomic E-state index is 0.251. The Kier molecular flexibility index (Phi) is 6.06. The van der Waals surface area contributed by atoms with Crippen LogP contribution in [0.3, 0.4) is 0 Å². The number of anilines is 2. The SMILES string of the molecule is COc1ccccc1-c1c(C)sc2cnc(Nc3cc(C4CCCCC4)nn3C(C)C)nc12. The first-order chi connectivity index (χ1) is 16.0. The van der Waals surface area contributed by atoms with Gasteiger partial charge >= 0.3 is 0 Å². The number of methoxy groups -OCH3 is 1. The number of benzene rings is 1. The lowest BCUT2D eigenvalue weighted by Crippen LogP contribution is -2.10. The predicted molar refractivity (Wildman–Crippen MR) is 136 cm³/mol. The molecule has 172 valence electrons. The molecule has 0 spiro atoms. The van der Waals surface area contributed by atoms with Crippen molar-refractivity contribution in [3.05, 3.63) is 47.1 Å². The van der Waals surface area contributed by atoms with Gasteiger partial charge in [-0.05, 0) is 39.7 Å². The average molecular weight is 462 g/mol. The van der Waals surface area contributed by atoms with Gasteiger partial charge in [-0.1, -0.05) is 37.5 Å². The fourth-order valence-corrected chi connectivity index (χ4v) is 5.84. The molecule has 1 N–H and O–H groups in total. The van der Waals surface area contributed by atoms with Crippen LogP contribution in [0.5, 0.6) is 5.75 Å². The highest BCUT2D eigenvalue weighted by molar-refractivity contribution is 7.19. The van der Waals surface area contributed by atoms with Crippen molar-refractivity contribution in [1.29, 1.82) is 0 Å². The molecule has 0 saturated heterocycles. The summed E-state index contributed by atoms with van der Waals surface area (Å²) >= 11 is 1.71. The van der Waals surface area contributed by atoms with Crippen LogP contribution in [-0.4, -0.2) is 26.9 Å². The number of ether oxygens (including phenoxy) is 1. The highest BCUT2D eigenvalue weighted by atomic mass is 32.1. The van der Waals surface area contributed by atoms with Crippen molar-refractivity contribution in [1.82, 2.24) is 19.7 Å². The maximum atomic E-state index is 5.64. The number of nitrogens with zero attached hydrogens (tertiary/aromatic N) is 4. The van der Waals surface area contributed by atoms with Crippen molar-refractivity contribution < 1.29 is 4.74 Å². The Hall–Kier alpha value is -2.93. The van der Waals surface area contributed by atoms with Crippen molar-refractivity contribution in [2.24, 2.45) is 0 Å². The van der Waals surface area contributed by atoms with Crippen LogP contribution in [-0.2, 0) is 0 Å². The number of hydrogen-bond donors (Lipinski definition) is 1. The van der Waals surface area contributed by atoms with E-state index in [2.05, 4.69) is 47.9 Å². The second-order valence-electron chi connectivity index (χ2n) is 9.09. The Morgan fingerprint density at radius 1 is 1.15 bits per heavy atom. The lowest BCUT2D eigenvalue weighted by atomic mass is 9.87. The minimum Gasteiger partial charge on any atom is -0.496 e. The molecule has 0 bridgehead atoms. The molecule has 3 heterocycles. The maximum absolute atomic E-state index is 5.64. The molecule has 1 fully saturated rings. The largest absolute Gasteiger partial charge is 0.496 e. The van der Waals surface area contributed by atoms with E-state index in [0.29, 0.717) is 11.9 Å². The molecule has 5 rings (SSSR count). The van der Waals surface area contributed by atoms with Gasteiger partial charge in [0.05, 0.1) is 29.2 Å². The molecule has 6 nitrogen and oxygen atoms in total. The highest BCUT2D eigenvalue weighted by Crippen LogP contribution is 2.41. The Bertz CT molecular complexity index is 1270. The van der Waals surface area contributed by atoms with E-state index in [9.17, 15) is 0 Å². The fourth-order valence-electron chi connectivity index (χ4n) is 4.85. The van der Waals surface area contributed by atoms with E-state index in [1.54, 1.807) is 18.4 Å². The van der Waals surface area contributed by atoms with E-state index in [-0.39, 0.29) is 6.04 Å². The van der Waals surface area contributed by atoms with Gasteiger partial charge in [0.1, 0.15) is 11.6 Å². The molecule has 7 heteroatoms. The first-order valence-corrected chi connectivity index (χ1v) is 12.6. The van der Waals surface area contributed by atoms with Gasteiger partial charge in [0, 0.05) is 34.0 Å². The van der Waals surface area contributed by atoms with Gasteiger partial charge in [0.2, 0.25) is 5.95 Å². The molecule has 0 amide bonds. The average Bonchev–Trinajstić information content (AvgIpc) is 3.40. The lowest BCUT2D eigenvalue weighted by Gasteiger charge is -2.19. The second-order valence-corrected chi connectivity index (χ2v) is 10.3. The van der Waals surface area contributed by atoms with Crippen LogP contribution in [0.15, 0.2) is 36.5 Å². The number of fused-ring (bicyclic) bond motifs is 1. The third kappa shape index (κ3) is 4.22. The number of thiophene rings is 1. The summed E-state index contributed by atoms with van der Waals surface area (Å²) in [4.78, 5) is 10.8. The first-order valence-electron chi connectivity index (χ1n) is 11.8. The third-order valence-electron chi connectivity index (χ3n) is 6.49. The van der Waals surface area contributed by atoms with Gasteiger partial charge in [-0.25, -0.2) is 14.6 Å². The summed E-state index contributed by atoms with van der Waals surface area (Å²) in [5.74, 6) is 2.95. The molecule has 1 saturated carbocycles. The maximum Gasteiger partial charge on any atom is 0.228 e. The van der Waals surface area contributed by atoms with Crippen LogP contribution in [0.1, 0.15) is 68.5 Å². The zero-order valence-corrected chi connectivity index (χ0v) is 20.6. The molecule has 1 aliphatic carbocycles. The molecule has 4 aromatic rings. The molecule has 0 unspecified atom stereocenters. The van der Waals surface area contributed by atoms with Crippen molar-refractivity contribution >= 4 is 33.3 Å². The van der Waals surface area contributed by atoms with Crippen LogP contribution in [0.4, 0.5) is 11.8 Å². The van der Waals surface area contributed by atoms with Crippen LogP contribution in [0, 0.1) is 6.92 Å². The van der Waals surface area contributed by atoms with E-state index in [1.165, 1.54) is 42.7 Å². The van der Waals surface area contributed by atoms with E-state index >= 15 is 0 Å². The van der Waals surface area contributed by atoms with Crippen molar-refractivity contribution in [3.63, 3.8) is 0 Å². The van der Waals surface area contributed by atoms with Crippen LogP contribution in [0.2, 0.25) is 0 Å². The Labute approximate surface area is 199 Å². The van der Waals surface area contributed by atoms with Crippen molar-refractivity contribution in [2.45, 2.75) is 64.8 Å². The normalized spacial score (nSPS) is 14.8. The smallest absolute Gasteiger partial charge is 0.228 e. The Morgan fingerprint density at radius 3 is 2.70 bits per heavy atom. The standard InChI is InChI=1S/C26H31N5OS/c1-16(2)31-23(14-20(30-31)18-10-6-5-7-11-18)28-26-27-15-22-25(29-26)24(17(3)33-22)19-12-8-9-13-21(19)32-4/h8-9,12-16,18H,5-7,10-11H2,1-4H3,(H,27,28,29). The molecule has 33 heavy (non-hydrogen) atoms. The summed E-state index contributed by atoms with van der Waals surface area (Å²) in [6.45, 7) is 6.45. The molecule has 1 aromatic carbocycles. The highest BCUT2D eigenvalue weighted by Gasteiger charge is 2.22. The number of hydrogen-bond acceptors (Lipinski definition) is 6. The zero-order valence-electron chi connectivity index (χ0n) is 19.8. The van der Waals surface area contributed by atoms with Gasteiger partial charge in [0.15, 0.2) is 0 Å². The van der Waals surface area contributed by atoms with Gasteiger partial charge in [-0.2, -0.15) is 5.10 Å². The Morgan fingerprint density at radius 2 is 1.94 bits per heavy atom. The van der Waals surface area contributed by atoms with Gasteiger partial charge in [0.25, 0.3) is 0 Å². The van der Waals surface area contributed by atoms with Crippen LogP contribution < -0.4 is 10.1 Å². The number of aromatic nitrogens is 4. The molecule has 0 atom stereocenters.